The first kappa shape index (κ1) is 22.3. The highest BCUT2D eigenvalue weighted by Gasteiger charge is 2.20. The third-order valence-corrected chi connectivity index (χ3v) is 6.19. The van der Waals surface area contributed by atoms with E-state index in [1.54, 1.807) is 18.2 Å². The van der Waals surface area contributed by atoms with Crippen LogP contribution < -0.4 is 14.8 Å². The van der Waals surface area contributed by atoms with E-state index in [1.165, 1.54) is 30.5 Å². The Morgan fingerprint density at radius 3 is 2.42 bits per heavy atom. The van der Waals surface area contributed by atoms with Gasteiger partial charge in [-0.25, -0.2) is 13.4 Å². The lowest BCUT2D eigenvalue weighted by Crippen LogP contribution is -2.32. The first-order chi connectivity index (χ1) is 14.8. The summed E-state index contributed by atoms with van der Waals surface area (Å²) in [5.74, 6) is 0.601. The van der Waals surface area contributed by atoms with Gasteiger partial charge >= 0.3 is 0 Å². The molecule has 0 saturated carbocycles. The highest BCUT2D eigenvalue weighted by Crippen LogP contribution is 2.23. The van der Waals surface area contributed by atoms with Crippen molar-refractivity contribution in [2.45, 2.75) is 38.2 Å². The summed E-state index contributed by atoms with van der Waals surface area (Å²) in [4.78, 5) is 16.7. The molecule has 3 aromatic rings. The van der Waals surface area contributed by atoms with Crippen LogP contribution in [-0.4, -0.2) is 25.4 Å². The van der Waals surface area contributed by atoms with Crippen LogP contribution in [0.25, 0.3) is 0 Å². The van der Waals surface area contributed by atoms with Gasteiger partial charge in [-0.05, 0) is 73.9 Å². The normalized spacial score (nSPS) is 12.1. The summed E-state index contributed by atoms with van der Waals surface area (Å²) in [5, 5.41) is 2.78. The van der Waals surface area contributed by atoms with Crippen LogP contribution in [0.15, 0.2) is 71.8 Å². The molecule has 2 aromatic carbocycles. The van der Waals surface area contributed by atoms with E-state index in [0.717, 1.165) is 11.1 Å². The fourth-order valence-corrected chi connectivity index (χ4v) is 3.90. The molecule has 0 spiro atoms. The summed E-state index contributed by atoms with van der Waals surface area (Å²) < 4.78 is 33.3. The summed E-state index contributed by atoms with van der Waals surface area (Å²) in [6, 6.07) is 16.6. The maximum atomic E-state index is 12.7. The van der Waals surface area contributed by atoms with Crippen LogP contribution in [0.1, 0.15) is 24.5 Å². The minimum Gasteiger partial charge on any atom is -0.480 e. The van der Waals surface area contributed by atoms with Gasteiger partial charge in [0.15, 0.2) is 6.10 Å². The number of carbonyl (C=O) groups excluding carboxylic acids is 1. The van der Waals surface area contributed by atoms with Crippen molar-refractivity contribution in [2.75, 3.05) is 10.0 Å². The van der Waals surface area contributed by atoms with Crippen LogP contribution in [0.5, 0.6) is 5.75 Å². The first-order valence-corrected chi connectivity index (χ1v) is 11.4. The van der Waals surface area contributed by atoms with E-state index < -0.39 is 16.1 Å². The number of ether oxygens (including phenoxy) is 1. The summed E-state index contributed by atoms with van der Waals surface area (Å²) in [6.07, 6.45) is 1.32. The Labute approximate surface area is 182 Å². The summed E-state index contributed by atoms with van der Waals surface area (Å²) in [6.45, 7) is 5.81. The highest BCUT2D eigenvalue weighted by molar-refractivity contribution is 7.92. The number of rotatable bonds is 8. The standard InChI is InChI=1S/C23H25N3O4S/c1-4-20(30-21-9-7-8-16(2)17(21)3)23(27)25-18-11-13-19(14-12-18)31(28,29)26-22-10-5-6-15-24-22/h5-15,20H,4H2,1-3H3,(H,24,26)(H,25,27)/t20-/m0/s1. The predicted octanol–water partition coefficient (Wildman–Crippen LogP) is 4.30. The van der Waals surface area contributed by atoms with Crippen molar-refractivity contribution in [1.82, 2.24) is 4.98 Å². The number of amides is 1. The monoisotopic (exact) mass is 439 g/mol. The average molecular weight is 440 g/mol. The lowest BCUT2D eigenvalue weighted by atomic mass is 10.1. The Morgan fingerprint density at radius 2 is 1.77 bits per heavy atom. The third-order valence-electron chi connectivity index (χ3n) is 4.82. The number of anilines is 2. The molecule has 31 heavy (non-hydrogen) atoms. The third kappa shape index (κ3) is 5.61. The fourth-order valence-electron chi connectivity index (χ4n) is 2.89. The number of hydrogen-bond acceptors (Lipinski definition) is 5. The molecule has 0 aliphatic rings. The van der Waals surface area contributed by atoms with Gasteiger partial charge < -0.3 is 10.1 Å². The van der Waals surface area contributed by atoms with E-state index in [0.29, 0.717) is 17.9 Å². The SMILES string of the molecule is CC[C@H](Oc1cccc(C)c1C)C(=O)Nc1ccc(S(=O)(=O)Nc2ccccn2)cc1. The van der Waals surface area contributed by atoms with Crippen LogP contribution in [0.4, 0.5) is 11.5 Å². The number of nitrogens with one attached hydrogen (secondary N) is 2. The van der Waals surface area contributed by atoms with Crippen molar-refractivity contribution < 1.29 is 17.9 Å². The quantitative estimate of drug-likeness (QED) is 0.546. The zero-order chi connectivity index (χ0) is 22.4. The van der Waals surface area contributed by atoms with E-state index >= 15 is 0 Å². The maximum Gasteiger partial charge on any atom is 0.265 e. The van der Waals surface area contributed by atoms with Crippen molar-refractivity contribution in [3.05, 3.63) is 78.0 Å². The predicted molar refractivity (Wildman–Crippen MR) is 121 cm³/mol. The number of aromatic nitrogens is 1. The topological polar surface area (TPSA) is 97.4 Å². The smallest absolute Gasteiger partial charge is 0.265 e. The molecule has 0 bridgehead atoms. The second-order valence-corrected chi connectivity index (χ2v) is 8.73. The van der Waals surface area contributed by atoms with Crippen LogP contribution in [0, 0.1) is 13.8 Å². The van der Waals surface area contributed by atoms with Crippen LogP contribution in [0.2, 0.25) is 0 Å². The minimum absolute atomic E-state index is 0.0647. The molecule has 162 valence electrons. The summed E-state index contributed by atoms with van der Waals surface area (Å²) >= 11 is 0. The van der Waals surface area contributed by atoms with Crippen LogP contribution >= 0.6 is 0 Å². The molecule has 3 rings (SSSR count). The molecule has 1 amide bonds. The van der Waals surface area contributed by atoms with Gasteiger partial charge in [0, 0.05) is 11.9 Å². The molecular weight excluding hydrogens is 414 g/mol. The van der Waals surface area contributed by atoms with Gasteiger partial charge in [-0.3, -0.25) is 9.52 Å². The number of hydrogen-bond donors (Lipinski definition) is 2. The lowest BCUT2D eigenvalue weighted by Gasteiger charge is -2.19. The molecule has 1 atom stereocenters. The molecule has 0 radical (unpaired) electrons. The Kier molecular flexibility index (Phi) is 6.91. The van der Waals surface area contributed by atoms with Crippen molar-refractivity contribution in [1.29, 1.82) is 0 Å². The van der Waals surface area contributed by atoms with Gasteiger partial charge in [-0.15, -0.1) is 0 Å². The fraction of sp³-hybridized carbons (Fsp3) is 0.217. The number of benzene rings is 2. The number of aryl methyl sites for hydroxylation is 1. The van der Waals surface area contributed by atoms with Crippen molar-refractivity contribution >= 4 is 27.4 Å². The van der Waals surface area contributed by atoms with E-state index in [4.69, 9.17) is 4.74 Å². The number of sulfonamides is 1. The largest absolute Gasteiger partial charge is 0.480 e. The number of nitrogens with zero attached hydrogens (tertiary/aromatic N) is 1. The van der Waals surface area contributed by atoms with Crippen molar-refractivity contribution in [2.24, 2.45) is 0 Å². The number of pyridine rings is 1. The van der Waals surface area contributed by atoms with Crippen molar-refractivity contribution in [3.8, 4) is 5.75 Å². The first-order valence-electron chi connectivity index (χ1n) is 9.88. The van der Waals surface area contributed by atoms with Gasteiger partial charge in [0.2, 0.25) is 0 Å². The second-order valence-electron chi connectivity index (χ2n) is 7.05. The zero-order valence-electron chi connectivity index (χ0n) is 17.6. The van der Waals surface area contributed by atoms with Gasteiger partial charge in [0.25, 0.3) is 15.9 Å². The van der Waals surface area contributed by atoms with Gasteiger partial charge in [0.1, 0.15) is 11.6 Å². The Morgan fingerprint density at radius 1 is 1.03 bits per heavy atom. The molecule has 8 heteroatoms. The zero-order valence-corrected chi connectivity index (χ0v) is 18.4. The molecule has 2 N–H and O–H groups in total. The van der Waals surface area contributed by atoms with Gasteiger partial charge in [-0.1, -0.05) is 25.1 Å². The van der Waals surface area contributed by atoms with E-state index in [1.807, 2.05) is 39.0 Å². The van der Waals surface area contributed by atoms with Gasteiger partial charge in [-0.2, -0.15) is 0 Å². The molecule has 1 aromatic heterocycles. The molecule has 0 fully saturated rings. The molecule has 7 nitrogen and oxygen atoms in total. The minimum atomic E-state index is -3.78. The molecule has 0 aliphatic carbocycles. The van der Waals surface area contributed by atoms with E-state index in [-0.39, 0.29) is 16.6 Å². The molecular formula is C23H25N3O4S. The molecule has 0 saturated heterocycles. The molecule has 1 heterocycles. The number of carbonyl (C=O) groups is 1. The van der Waals surface area contributed by atoms with Crippen molar-refractivity contribution in [3.63, 3.8) is 0 Å². The molecule has 0 aliphatic heterocycles. The molecule has 0 unspecified atom stereocenters. The summed E-state index contributed by atoms with van der Waals surface area (Å²) in [5.41, 5.74) is 2.55. The second kappa shape index (κ2) is 9.61. The highest BCUT2D eigenvalue weighted by atomic mass is 32.2. The maximum absolute atomic E-state index is 12.7. The lowest BCUT2D eigenvalue weighted by molar-refractivity contribution is -0.122. The van der Waals surface area contributed by atoms with E-state index in [9.17, 15) is 13.2 Å². The van der Waals surface area contributed by atoms with E-state index in [2.05, 4.69) is 15.0 Å². The summed E-state index contributed by atoms with van der Waals surface area (Å²) in [7, 11) is -3.78. The van der Waals surface area contributed by atoms with Crippen LogP contribution in [0.3, 0.4) is 0 Å². The van der Waals surface area contributed by atoms with Crippen LogP contribution in [-0.2, 0) is 14.8 Å². The Hall–Kier alpha value is -3.39. The average Bonchev–Trinajstić information content (AvgIpc) is 2.75. The Bertz CT molecular complexity index is 1150. The van der Waals surface area contributed by atoms with Gasteiger partial charge in [0.05, 0.1) is 4.90 Å². The Balaban J connectivity index is 1.68.